The van der Waals surface area contributed by atoms with Crippen LogP contribution in [0.4, 0.5) is 0 Å². The van der Waals surface area contributed by atoms with Gasteiger partial charge in [-0.25, -0.2) is 5.10 Å². The van der Waals surface area contributed by atoms with E-state index in [1.807, 2.05) is 58.7 Å². The summed E-state index contributed by atoms with van der Waals surface area (Å²) < 4.78 is 1.83. The summed E-state index contributed by atoms with van der Waals surface area (Å²) in [7, 11) is 0. The van der Waals surface area contributed by atoms with Gasteiger partial charge in [-0.3, -0.25) is 29.9 Å². The minimum atomic E-state index is -0.654. The Balaban J connectivity index is 1.30. The van der Waals surface area contributed by atoms with Gasteiger partial charge in [0.15, 0.2) is 5.69 Å². The predicted molar refractivity (Wildman–Crippen MR) is 138 cm³/mol. The fourth-order valence-corrected chi connectivity index (χ4v) is 4.42. The molecule has 3 N–H and O–H groups in total. The van der Waals surface area contributed by atoms with E-state index in [0.717, 1.165) is 21.7 Å². The van der Waals surface area contributed by atoms with Crippen LogP contribution in [0.15, 0.2) is 89.2 Å². The van der Waals surface area contributed by atoms with E-state index in [0.29, 0.717) is 17.3 Å². The van der Waals surface area contributed by atoms with Gasteiger partial charge in [-0.05, 0) is 29.2 Å². The number of rotatable bonds is 6. The largest absolute Gasteiger partial charge is 0.290 e. The highest BCUT2D eigenvalue weighted by molar-refractivity contribution is 7.13. The Morgan fingerprint density at radius 2 is 1.75 bits per heavy atom. The minimum absolute atomic E-state index is 0.00310. The maximum absolute atomic E-state index is 12.6. The molecule has 0 aliphatic carbocycles. The summed E-state index contributed by atoms with van der Waals surface area (Å²) in [6, 6.07) is 20.5. The third kappa shape index (κ3) is 4.98. The molecule has 0 spiro atoms. The number of fused-ring (bicyclic) bond motifs is 1. The molecular weight excluding hydrogens is 476 g/mol. The molecule has 36 heavy (non-hydrogen) atoms. The highest BCUT2D eigenvalue weighted by atomic mass is 32.1. The van der Waals surface area contributed by atoms with Crippen LogP contribution in [0.2, 0.25) is 0 Å². The van der Waals surface area contributed by atoms with E-state index >= 15 is 0 Å². The molecule has 0 radical (unpaired) electrons. The van der Waals surface area contributed by atoms with E-state index in [4.69, 9.17) is 5.10 Å². The van der Waals surface area contributed by atoms with Gasteiger partial charge in [-0.1, -0.05) is 54.6 Å². The number of amides is 2. The summed E-state index contributed by atoms with van der Waals surface area (Å²) in [5, 5.41) is 13.5. The van der Waals surface area contributed by atoms with E-state index in [9.17, 15) is 14.4 Å². The lowest BCUT2D eigenvalue weighted by Gasteiger charge is -2.06. The van der Waals surface area contributed by atoms with Crippen LogP contribution >= 0.6 is 11.3 Å². The number of thiophene rings is 1. The molecule has 2 aromatic carbocycles. The minimum Gasteiger partial charge on any atom is -0.268 e. The molecule has 5 aromatic rings. The molecule has 0 atom stereocenters. The molecule has 3 heterocycles. The summed E-state index contributed by atoms with van der Waals surface area (Å²) in [6.45, 7) is 0.593. The van der Waals surface area contributed by atoms with Crippen LogP contribution < -0.4 is 16.4 Å². The maximum Gasteiger partial charge on any atom is 0.290 e. The van der Waals surface area contributed by atoms with Crippen molar-refractivity contribution >= 4 is 40.0 Å². The molecule has 0 unspecified atom stereocenters. The molecular formula is C26H20N6O3S. The van der Waals surface area contributed by atoms with E-state index in [1.54, 1.807) is 41.7 Å². The monoisotopic (exact) mass is 496 g/mol. The van der Waals surface area contributed by atoms with Gasteiger partial charge >= 0.3 is 0 Å². The number of H-pyrrole nitrogens is 1. The third-order valence-electron chi connectivity index (χ3n) is 5.36. The fraction of sp³-hybridized carbons (Fsp3) is 0.0385. The lowest BCUT2D eigenvalue weighted by Crippen LogP contribution is -2.41. The van der Waals surface area contributed by atoms with Crippen LogP contribution in [0.1, 0.15) is 21.6 Å². The van der Waals surface area contributed by atoms with Gasteiger partial charge in [0.25, 0.3) is 17.4 Å². The first-order chi connectivity index (χ1) is 17.6. The second kappa shape index (κ2) is 10.2. The Labute approximate surface area is 209 Å². The predicted octanol–water partition coefficient (Wildman–Crippen LogP) is 3.37. The average Bonchev–Trinajstić information content (AvgIpc) is 3.57. The zero-order valence-electron chi connectivity index (χ0n) is 18.8. The fourth-order valence-electron chi connectivity index (χ4n) is 3.69. The quantitative estimate of drug-likeness (QED) is 0.246. The first-order valence-corrected chi connectivity index (χ1v) is 11.9. The van der Waals surface area contributed by atoms with E-state index in [2.05, 4.69) is 21.0 Å². The SMILES string of the molecule is O=C(/C=C/c1cn(Cc2ccccc2)nc1-c1cccs1)NNC(=O)c1n[nH]c(=O)c2ccccc12. The van der Waals surface area contributed by atoms with Crippen molar-refractivity contribution in [2.75, 3.05) is 0 Å². The second-order valence-electron chi connectivity index (χ2n) is 7.82. The number of carbonyl (C=O) groups excluding carboxylic acids is 2. The number of aromatic amines is 1. The number of benzene rings is 2. The highest BCUT2D eigenvalue weighted by Crippen LogP contribution is 2.27. The molecule has 0 saturated carbocycles. The zero-order valence-corrected chi connectivity index (χ0v) is 19.7. The summed E-state index contributed by atoms with van der Waals surface area (Å²) in [6.07, 6.45) is 4.85. The molecule has 0 bridgehead atoms. The van der Waals surface area contributed by atoms with Crippen molar-refractivity contribution in [2.45, 2.75) is 6.54 Å². The Kier molecular flexibility index (Phi) is 6.50. The smallest absolute Gasteiger partial charge is 0.268 e. The molecule has 5 rings (SSSR count). The normalized spacial score (nSPS) is 11.1. The van der Waals surface area contributed by atoms with Gasteiger partial charge in [0.2, 0.25) is 0 Å². The van der Waals surface area contributed by atoms with Crippen LogP contribution in [0.3, 0.4) is 0 Å². The van der Waals surface area contributed by atoms with E-state index < -0.39 is 17.4 Å². The number of hydrazine groups is 1. The van der Waals surface area contributed by atoms with Gasteiger partial charge in [-0.15, -0.1) is 11.3 Å². The molecule has 10 heteroatoms. The summed E-state index contributed by atoms with van der Waals surface area (Å²) in [5.41, 5.74) is 6.92. The number of nitrogens with one attached hydrogen (secondary N) is 3. The molecule has 3 aromatic heterocycles. The second-order valence-corrected chi connectivity index (χ2v) is 8.76. The molecule has 178 valence electrons. The van der Waals surface area contributed by atoms with Crippen molar-refractivity contribution in [3.63, 3.8) is 0 Å². The van der Waals surface area contributed by atoms with Crippen LogP contribution in [0.5, 0.6) is 0 Å². The van der Waals surface area contributed by atoms with Crippen molar-refractivity contribution in [3.05, 3.63) is 112 Å². The first-order valence-electron chi connectivity index (χ1n) is 11.0. The molecule has 2 amide bonds. The molecule has 0 aliphatic heterocycles. The Morgan fingerprint density at radius 3 is 2.53 bits per heavy atom. The Morgan fingerprint density at radius 1 is 0.972 bits per heavy atom. The van der Waals surface area contributed by atoms with Gasteiger partial charge in [0.05, 0.1) is 16.8 Å². The first kappa shape index (κ1) is 22.9. The van der Waals surface area contributed by atoms with Crippen LogP contribution in [0, 0.1) is 0 Å². The number of nitrogens with zero attached hydrogens (tertiary/aromatic N) is 3. The average molecular weight is 497 g/mol. The number of hydrogen-bond donors (Lipinski definition) is 3. The number of hydrogen-bond acceptors (Lipinski definition) is 6. The van der Waals surface area contributed by atoms with Crippen molar-refractivity contribution in [1.29, 1.82) is 0 Å². The van der Waals surface area contributed by atoms with Crippen molar-refractivity contribution < 1.29 is 9.59 Å². The molecule has 0 fully saturated rings. The Hall–Kier alpha value is -4.83. The van der Waals surface area contributed by atoms with Gasteiger partial charge in [-0.2, -0.15) is 10.2 Å². The van der Waals surface area contributed by atoms with Gasteiger partial charge in [0.1, 0.15) is 5.69 Å². The lowest BCUT2D eigenvalue weighted by atomic mass is 10.1. The highest BCUT2D eigenvalue weighted by Gasteiger charge is 2.15. The van der Waals surface area contributed by atoms with E-state index in [1.165, 1.54) is 6.08 Å². The molecule has 9 nitrogen and oxygen atoms in total. The topological polar surface area (TPSA) is 122 Å². The van der Waals surface area contributed by atoms with E-state index in [-0.39, 0.29) is 5.69 Å². The van der Waals surface area contributed by atoms with Gasteiger partial charge in [0, 0.05) is 23.2 Å². The lowest BCUT2D eigenvalue weighted by molar-refractivity contribution is -0.117. The summed E-state index contributed by atoms with van der Waals surface area (Å²) in [5.74, 6) is -1.19. The van der Waals surface area contributed by atoms with Crippen LogP contribution in [0.25, 0.3) is 27.4 Å². The molecule has 0 saturated heterocycles. The van der Waals surface area contributed by atoms with Crippen molar-refractivity contribution in [3.8, 4) is 10.6 Å². The number of carbonyl (C=O) groups is 2. The third-order valence-corrected chi connectivity index (χ3v) is 6.23. The van der Waals surface area contributed by atoms with Crippen LogP contribution in [-0.4, -0.2) is 31.8 Å². The summed E-state index contributed by atoms with van der Waals surface area (Å²) >= 11 is 1.56. The van der Waals surface area contributed by atoms with Crippen LogP contribution in [-0.2, 0) is 11.3 Å². The number of aromatic nitrogens is 4. The standard InChI is InChI=1S/C26H20N6O3S/c33-22(27-30-26(35)24-19-9-4-5-10-20(19)25(34)29-28-24)13-12-18-16-32(15-17-7-2-1-3-8-17)31-23(18)21-11-6-14-36-21/h1-14,16H,15H2,(H,27,33)(H,29,34)(H,30,35)/b13-12+. The van der Waals surface area contributed by atoms with Gasteiger partial charge < -0.3 is 0 Å². The van der Waals surface area contributed by atoms with Crippen molar-refractivity contribution in [1.82, 2.24) is 30.8 Å². The Bertz CT molecular complexity index is 1620. The zero-order chi connectivity index (χ0) is 24.9. The maximum atomic E-state index is 12.6. The molecule has 0 aliphatic rings. The van der Waals surface area contributed by atoms with Crippen molar-refractivity contribution in [2.24, 2.45) is 0 Å². The summed E-state index contributed by atoms with van der Waals surface area (Å²) in [4.78, 5) is 37.9.